The van der Waals surface area contributed by atoms with E-state index in [-0.39, 0.29) is 24.8 Å². The molecule has 0 saturated heterocycles. The number of nitrogens with two attached hydrogens (primary N) is 1. The standard InChI is InChI=1S/C28H46N4O5/c1-9-11-14-30-25(34)24(21-16-18(3)15-19(4)17-21)32(20(5)10-2)26(35)22(12-13-23(29)33)31-27(36)37-28(6,7)8/h15-17,20,22,24H,9-14H2,1-8H3,(H2,29,33)(H,30,34)(H,31,36). The van der Waals surface area contributed by atoms with Gasteiger partial charge >= 0.3 is 6.09 Å². The smallest absolute Gasteiger partial charge is 0.408 e. The zero-order chi connectivity index (χ0) is 28.3. The van der Waals surface area contributed by atoms with Crippen molar-refractivity contribution in [2.45, 2.75) is 111 Å². The number of nitrogens with one attached hydrogen (secondary N) is 2. The van der Waals surface area contributed by atoms with Crippen LogP contribution in [0, 0.1) is 13.8 Å². The van der Waals surface area contributed by atoms with Crippen molar-refractivity contribution in [3.05, 3.63) is 34.9 Å². The Hall–Kier alpha value is -3.10. The third kappa shape index (κ3) is 10.8. The van der Waals surface area contributed by atoms with E-state index in [1.807, 2.05) is 52.8 Å². The molecule has 3 atom stereocenters. The van der Waals surface area contributed by atoms with Crippen LogP contribution in [0.25, 0.3) is 0 Å². The van der Waals surface area contributed by atoms with Gasteiger partial charge in [0.25, 0.3) is 0 Å². The summed E-state index contributed by atoms with van der Waals surface area (Å²) < 4.78 is 5.36. The van der Waals surface area contributed by atoms with Crippen LogP contribution in [0.15, 0.2) is 18.2 Å². The fourth-order valence-corrected chi connectivity index (χ4v) is 4.06. The number of rotatable bonds is 13. The number of aryl methyl sites for hydroxylation is 2. The monoisotopic (exact) mass is 518 g/mol. The Balaban J connectivity index is 3.56. The van der Waals surface area contributed by atoms with Crippen LogP contribution in [-0.4, -0.2) is 52.9 Å². The molecule has 37 heavy (non-hydrogen) atoms. The molecule has 0 spiro atoms. The minimum atomic E-state index is -1.10. The highest BCUT2D eigenvalue weighted by molar-refractivity contribution is 5.92. The summed E-state index contributed by atoms with van der Waals surface area (Å²) in [6.07, 6.45) is 1.38. The normalized spacial score (nSPS) is 13.7. The number of carbonyl (C=O) groups is 4. The van der Waals surface area contributed by atoms with Crippen molar-refractivity contribution in [1.82, 2.24) is 15.5 Å². The number of unbranched alkanes of at least 4 members (excludes halogenated alkanes) is 1. The Kier molecular flexibility index (Phi) is 12.6. The molecule has 0 aromatic heterocycles. The molecule has 9 nitrogen and oxygen atoms in total. The van der Waals surface area contributed by atoms with E-state index in [0.29, 0.717) is 18.5 Å². The number of alkyl carbamates (subject to hydrolysis) is 1. The maximum Gasteiger partial charge on any atom is 0.408 e. The average molecular weight is 519 g/mol. The Morgan fingerprint density at radius 1 is 1.05 bits per heavy atom. The van der Waals surface area contributed by atoms with Gasteiger partial charge in [-0.05, 0) is 66.4 Å². The lowest BCUT2D eigenvalue weighted by Crippen LogP contribution is -2.55. The number of primary amides is 1. The highest BCUT2D eigenvalue weighted by Crippen LogP contribution is 2.28. The van der Waals surface area contributed by atoms with Gasteiger partial charge in [-0.15, -0.1) is 0 Å². The minimum absolute atomic E-state index is 0.0165. The fourth-order valence-electron chi connectivity index (χ4n) is 4.06. The molecule has 9 heteroatoms. The number of hydrogen-bond donors (Lipinski definition) is 3. The first-order valence-electron chi connectivity index (χ1n) is 13.2. The number of hydrogen-bond acceptors (Lipinski definition) is 5. The predicted octanol–water partition coefficient (Wildman–Crippen LogP) is 4.05. The van der Waals surface area contributed by atoms with Crippen LogP contribution in [-0.2, 0) is 19.1 Å². The molecule has 0 aliphatic carbocycles. The van der Waals surface area contributed by atoms with Gasteiger partial charge in [0.15, 0.2) is 0 Å². The van der Waals surface area contributed by atoms with Crippen LogP contribution >= 0.6 is 0 Å². The molecule has 0 bridgehead atoms. The van der Waals surface area contributed by atoms with E-state index in [1.165, 1.54) is 4.90 Å². The first-order chi connectivity index (χ1) is 17.2. The van der Waals surface area contributed by atoms with E-state index in [4.69, 9.17) is 10.5 Å². The molecule has 1 rings (SSSR count). The van der Waals surface area contributed by atoms with Crippen molar-refractivity contribution < 1.29 is 23.9 Å². The SMILES string of the molecule is CCCCNC(=O)C(c1cc(C)cc(C)c1)N(C(=O)C(CCC(N)=O)NC(=O)OC(C)(C)C)C(C)CC. The molecular formula is C28H46N4O5. The van der Waals surface area contributed by atoms with Crippen molar-refractivity contribution in [2.75, 3.05) is 6.54 Å². The summed E-state index contributed by atoms with van der Waals surface area (Å²) in [5.74, 6) is -1.36. The van der Waals surface area contributed by atoms with Gasteiger partial charge in [-0.3, -0.25) is 14.4 Å². The molecule has 0 fully saturated rings. The van der Waals surface area contributed by atoms with Crippen LogP contribution in [0.2, 0.25) is 0 Å². The number of benzene rings is 1. The lowest BCUT2D eigenvalue weighted by molar-refractivity contribution is -0.145. The molecule has 1 aromatic rings. The molecule has 208 valence electrons. The Morgan fingerprint density at radius 2 is 1.65 bits per heavy atom. The highest BCUT2D eigenvalue weighted by Gasteiger charge is 2.38. The molecule has 0 aliphatic heterocycles. The lowest BCUT2D eigenvalue weighted by atomic mass is 9.96. The van der Waals surface area contributed by atoms with Gasteiger partial charge in [0.1, 0.15) is 17.7 Å². The minimum Gasteiger partial charge on any atom is -0.444 e. The Bertz CT molecular complexity index is 921. The maximum absolute atomic E-state index is 14.1. The number of amides is 4. The zero-order valence-corrected chi connectivity index (χ0v) is 23.8. The van der Waals surface area contributed by atoms with E-state index < -0.39 is 35.6 Å². The summed E-state index contributed by atoms with van der Waals surface area (Å²) >= 11 is 0. The van der Waals surface area contributed by atoms with E-state index >= 15 is 0 Å². The van der Waals surface area contributed by atoms with Gasteiger partial charge in [-0.25, -0.2) is 4.79 Å². The van der Waals surface area contributed by atoms with Gasteiger partial charge in [-0.1, -0.05) is 49.6 Å². The third-order valence-corrected chi connectivity index (χ3v) is 5.90. The van der Waals surface area contributed by atoms with Gasteiger partial charge < -0.3 is 26.0 Å². The molecular weight excluding hydrogens is 472 g/mol. The first-order valence-corrected chi connectivity index (χ1v) is 13.2. The highest BCUT2D eigenvalue weighted by atomic mass is 16.6. The van der Waals surface area contributed by atoms with E-state index in [9.17, 15) is 19.2 Å². The topological polar surface area (TPSA) is 131 Å². The summed E-state index contributed by atoms with van der Waals surface area (Å²) in [4.78, 5) is 53.4. The van der Waals surface area contributed by atoms with Crippen LogP contribution in [0.4, 0.5) is 4.79 Å². The van der Waals surface area contributed by atoms with Gasteiger partial charge in [0.2, 0.25) is 17.7 Å². The Labute approximate surface area is 221 Å². The summed E-state index contributed by atoms with van der Waals surface area (Å²) in [6, 6.07) is 3.44. The number of nitrogens with zero attached hydrogens (tertiary/aromatic N) is 1. The molecule has 0 saturated carbocycles. The molecule has 4 N–H and O–H groups in total. The van der Waals surface area contributed by atoms with Crippen LogP contribution in [0.5, 0.6) is 0 Å². The average Bonchev–Trinajstić information content (AvgIpc) is 2.77. The maximum atomic E-state index is 14.1. The second-order valence-electron chi connectivity index (χ2n) is 10.7. The van der Waals surface area contributed by atoms with Gasteiger partial charge in [-0.2, -0.15) is 0 Å². The second-order valence-corrected chi connectivity index (χ2v) is 10.7. The van der Waals surface area contributed by atoms with E-state index in [2.05, 4.69) is 10.6 Å². The van der Waals surface area contributed by atoms with Crippen molar-refractivity contribution in [2.24, 2.45) is 5.73 Å². The number of carbonyl (C=O) groups excluding carboxylic acids is 4. The van der Waals surface area contributed by atoms with Crippen molar-refractivity contribution in [1.29, 1.82) is 0 Å². The molecule has 0 radical (unpaired) electrons. The van der Waals surface area contributed by atoms with Crippen LogP contribution in [0.3, 0.4) is 0 Å². The number of ether oxygens (including phenoxy) is 1. The van der Waals surface area contributed by atoms with Crippen molar-refractivity contribution in [3.63, 3.8) is 0 Å². The van der Waals surface area contributed by atoms with Crippen molar-refractivity contribution >= 4 is 23.8 Å². The van der Waals surface area contributed by atoms with Crippen LogP contribution < -0.4 is 16.4 Å². The third-order valence-electron chi connectivity index (χ3n) is 5.90. The second kappa shape index (κ2) is 14.6. The van der Waals surface area contributed by atoms with Gasteiger partial charge in [0, 0.05) is 19.0 Å². The molecule has 0 heterocycles. The zero-order valence-electron chi connectivity index (χ0n) is 23.8. The van der Waals surface area contributed by atoms with E-state index in [1.54, 1.807) is 20.8 Å². The van der Waals surface area contributed by atoms with Gasteiger partial charge in [0.05, 0.1) is 0 Å². The molecule has 0 aliphatic rings. The summed E-state index contributed by atoms with van der Waals surface area (Å²) in [5.41, 5.74) is 7.21. The molecule has 1 aromatic carbocycles. The first kappa shape index (κ1) is 31.9. The summed E-state index contributed by atoms with van der Waals surface area (Å²) in [6.45, 7) is 15.4. The largest absolute Gasteiger partial charge is 0.444 e. The molecule has 4 amide bonds. The quantitative estimate of drug-likeness (QED) is 0.339. The Morgan fingerprint density at radius 3 is 2.14 bits per heavy atom. The van der Waals surface area contributed by atoms with Crippen molar-refractivity contribution in [3.8, 4) is 0 Å². The van der Waals surface area contributed by atoms with E-state index in [0.717, 1.165) is 24.0 Å². The fraction of sp³-hybridized carbons (Fsp3) is 0.643. The summed E-state index contributed by atoms with van der Waals surface area (Å²) in [7, 11) is 0. The summed E-state index contributed by atoms with van der Waals surface area (Å²) in [5, 5.41) is 5.59. The lowest BCUT2D eigenvalue weighted by Gasteiger charge is -2.38. The van der Waals surface area contributed by atoms with Crippen LogP contribution in [0.1, 0.15) is 96.4 Å². The molecule has 3 unspecified atom stereocenters. The predicted molar refractivity (Wildman–Crippen MR) is 145 cm³/mol.